The summed E-state index contributed by atoms with van der Waals surface area (Å²) in [5, 5.41) is 6.75. The topological polar surface area (TPSA) is 24.9 Å². The van der Waals surface area contributed by atoms with Crippen molar-refractivity contribution in [3.8, 4) is 0 Å². The molecule has 5 heteroatoms. The number of nitrogens with one attached hydrogen (secondary N) is 1. The van der Waals surface area contributed by atoms with Crippen LogP contribution in [0.5, 0.6) is 0 Å². The van der Waals surface area contributed by atoms with Crippen molar-refractivity contribution in [3.05, 3.63) is 50.1 Å². The van der Waals surface area contributed by atoms with Crippen molar-refractivity contribution in [2.24, 2.45) is 0 Å². The molecule has 0 bridgehead atoms. The highest BCUT2D eigenvalue weighted by Gasteiger charge is 2.15. The van der Waals surface area contributed by atoms with E-state index in [2.05, 4.69) is 38.5 Å². The zero-order chi connectivity index (χ0) is 15.2. The van der Waals surface area contributed by atoms with Crippen LogP contribution in [0.2, 0.25) is 0 Å². The van der Waals surface area contributed by atoms with Gasteiger partial charge in [0, 0.05) is 23.5 Å². The van der Waals surface area contributed by atoms with Crippen LogP contribution in [0.1, 0.15) is 29.6 Å². The molecule has 0 fully saturated rings. The van der Waals surface area contributed by atoms with E-state index in [9.17, 15) is 4.39 Å². The molecule has 1 aromatic carbocycles. The molecule has 0 aliphatic carbocycles. The molecule has 0 saturated heterocycles. The zero-order valence-electron chi connectivity index (χ0n) is 12.3. The van der Waals surface area contributed by atoms with Crippen molar-refractivity contribution in [1.29, 1.82) is 0 Å². The summed E-state index contributed by atoms with van der Waals surface area (Å²) in [6.07, 6.45) is 2.75. The van der Waals surface area contributed by atoms with Gasteiger partial charge in [0.25, 0.3) is 0 Å². The molecule has 0 radical (unpaired) electrons. The minimum absolute atomic E-state index is 0.202. The van der Waals surface area contributed by atoms with Gasteiger partial charge in [-0.1, -0.05) is 19.1 Å². The Morgan fingerprint density at radius 1 is 1.38 bits per heavy atom. The lowest BCUT2D eigenvalue weighted by Crippen LogP contribution is -2.34. The molecule has 1 atom stereocenters. The van der Waals surface area contributed by atoms with E-state index in [1.165, 1.54) is 6.07 Å². The van der Waals surface area contributed by atoms with E-state index in [4.69, 9.17) is 0 Å². The molecular formula is C16H20BrFN2S. The zero-order valence-corrected chi connectivity index (χ0v) is 14.7. The summed E-state index contributed by atoms with van der Waals surface area (Å²) in [5.41, 5.74) is 2.06. The lowest BCUT2D eigenvalue weighted by molar-refractivity contribution is 0.501. The number of halogens is 2. The number of thiazole rings is 1. The highest BCUT2D eigenvalue weighted by atomic mass is 79.9. The van der Waals surface area contributed by atoms with E-state index < -0.39 is 0 Å². The normalized spacial score (nSPS) is 12.6. The van der Waals surface area contributed by atoms with Gasteiger partial charge in [-0.05, 0) is 53.9 Å². The molecule has 2 aromatic rings. The first-order valence-corrected chi connectivity index (χ1v) is 8.84. The number of rotatable bonds is 7. The Kier molecular flexibility index (Phi) is 6.33. The minimum Gasteiger partial charge on any atom is -0.313 e. The molecule has 1 heterocycles. The first-order chi connectivity index (χ1) is 10.1. The fraction of sp³-hybridized carbons (Fsp3) is 0.438. The smallest absolute Gasteiger partial charge is 0.137 e. The number of hydrogen-bond acceptors (Lipinski definition) is 3. The van der Waals surface area contributed by atoms with Gasteiger partial charge < -0.3 is 5.32 Å². The highest BCUT2D eigenvalue weighted by Crippen LogP contribution is 2.23. The Balaban J connectivity index is 2.10. The van der Waals surface area contributed by atoms with Crippen LogP contribution in [0.4, 0.5) is 4.39 Å². The number of nitrogens with zero attached hydrogens (tertiary/aromatic N) is 1. The molecule has 2 rings (SSSR count). The Labute approximate surface area is 137 Å². The molecule has 0 aliphatic heterocycles. The summed E-state index contributed by atoms with van der Waals surface area (Å²) in [6, 6.07) is 5.49. The standard InChI is InChI=1S/C16H20BrFN2S/c1-3-7-19-13(9-15-20-11(2)10-21-15)8-12-5-4-6-14(18)16(12)17/h4-6,10,13,19H,3,7-9H2,1-2H3. The van der Waals surface area contributed by atoms with Crippen LogP contribution in [0.15, 0.2) is 28.1 Å². The number of hydrogen-bond donors (Lipinski definition) is 1. The first kappa shape index (κ1) is 16.6. The van der Waals surface area contributed by atoms with E-state index in [1.807, 2.05) is 13.0 Å². The summed E-state index contributed by atoms with van der Waals surface area (Å²) < 4.78 is 14.2. The molecule has 0 amide bonds. The van der Waals surface area contributed by atoms with Crippen molar-refractivity contribution in [2.75, 3.05) is 6.54 Å². The van der Waals surface area contributed by atoms with Gasteiger partial charge in [0.1, 0.15) is 5.82 Å². The van der Waals surface area contributed by atoms with Gasteiger partial charge in [-0.15, -0.1) is 11.3 Å². The molecule has 0 spiro atoms. The quantitative estimate of drug-likeness (QED) is 0.775. The first-order valence-electron chi connectivity index (χ1n) is 7.17. The number of aromatic nitrogens is 1. The van der Waals surface area contributed by atoms with Gasteiger partial charge in [0.2, 0.25) is 0 Å². The predicted molar refractivity (Wildman–Crippen MR) is 90.4 cm³/mol. The second-order valence-electron chi connectivity index (χ2n) is 5.15. The van der Waals surface area contributed by atoms with Crippen LogP contribution in [0.3, 0.4) is 0 Å². The van der Waals surface area contributed by atoms with Crippen LogP contribution in [-0.2, 0) is 12.8 Å². The fourth-order valence-electron chi connectivity index (χ4n) is 2.24. The summed E-state index contributed by atoms with van der Waals surface area (Å²) in [6.45, 7) is 5.12. The highest BCUT2D eigenvalue weighted by molar-refractivity contribution is 9.10. The number of benzene rings is 1. The molecule has 0 saturated carbocycles. The molecule has 0 aliphatic rings. The van der Waals surface area contributed by atoms with E-state index in [0.717, 1.165) is 42.1 Å². The Morgan fingerprint density at radius 2 is 2.19 bits per heavy atom. The van der Waals surface area contributed by atoms with E-state index >= 15 is 0 Å². The van der Waals surface area contributed by atoms with Gasteiger partial charge in [0.15, 0.2) is 0 Å². The maximum absolute atomic E-state index is 13.6. The molecule has 1 aromatic heterocycles. The molecular weight excluding hydrogens is 351 g/mol. The monoisotopic (exact) mass is 370 g/mol. The average Bonchev–Trinajstić information content (AvgIpc) is 2.86. The SMILES string of the molecule is CCCNC(Cc1nc(C)cs1)Cc1cccc(F)c1Br. The van der Waals surface area contributed by atoms with Crippen LogP contribution in [0.25, 0.3) is 0 Å². The maximum Gasteiger partial charge on any atom is 0.137 e. The van der Waals surface area contributed by atoms with Gasteiger partial charge in [-0.3, -0.25) is 0 Å². The van der Waals surface area contributed by atoms with Crippen LogP contribution in [0, 0.1) is 12.7 Å². The summed E-state index contributed by atoms with van der Waals surface area (Å²) in [5.74, 6) is -0.202. The van der Waals surface area contributed by atoms with E-state index in [0.29, 0.717) is 4.47 Å². The van der Waals surface area contributed by atoms with Crippen LogP contribution in [-0.4, -0.2) is 17.6 Å². The minimum atomic E-state index is -0.202. The largest absolute Gasteiger partial charge is 0.313 e. The van der Waals surface area contributed by atoms with Gasteiger partial charge in [-0.2, -0.15) is 0 Å². The Hall–Kier alpha value is -0.780. The third-order valence-electron chi connectivity index (χ3n) is 3.27. The average molecular weight is 371 g/mol. The van der Waals surface area contributed by atoms with Crippen molar-refractivity contribution in [3.63, 3.8) is 0 Å². The van der Waals surface area contributed by atoms with E-state index in [1.54, 1.807) is 17.4 Å². The predicted octanol–water partition coefficient (Wildman–Crippen LogP) is 4.51. The van der Waals surface area contributed by atoms with Crippen molar-refractivity contribution in [2.45, 2.75) is 39.2 Å². The second-order valence-corrected chi connectivity index (χ2v) is 6.89. The second kappa shape index (κ2) is 8.01. The molecule has 114 valence electrons. The van der Waals surface area contributed by atoms with Gasteiger partial charge >= 0.3 is 0 Å². The Morgan fingerprint density at radius 3 is 2.86 bits per heavy atom. The third kappa shape index (κ3) is 4.87. The van der Waals surface area contributed by atoms with Gasteiger partial charge in [0.05, 0.1) is 9.48 Å². The van der Waals surface area contributed by atoms with Crippen molar-refractivity contribution < 1.29 is 4.39 Å². The molecule has 21 heavy (non-hydrogen) atoms. The van der Waals surface area contributed by atoms with E-state index in [-0.39, 0.29) is 11.9 Å². The summed E-state index contributed by atoms with van der Waals surface area (Å²) >= 11 is 5.04. The van der Waals surface area contributed by atoms with Crippen molar-refractivity contribution >= 4 is 27.3 Å². The van der Waals surface area contributed by atoms with Crippen LogP contribution < -0.4 is 5.32 Å². The Bertz CT molecular complexity index is 585. The molecule has 1 N–H and O–H groups in total. The van der Waals surface area contributed by atoms with Crippen molar-refractivity contribution in [1.82, 2.24) is 10.3 Å². The summed E-state index contributed by atoms with van der Waals surface area (Å²) in [4.78, 5) is 4.53. The third-order valence-corrected chi connectivity index (χ3v) is 5.15. The van der Waals surface area contributed by atoms with Crippen LogP contribution >= 0.6 is 27.3 Å². The molecule has 1 unspecified atom stereocenters. The molecule has 2 nitrogen and oxygen atoms in total. The lowest BCUT2D eigenvalue weighted by Gasteiger charge is -2.18. The maximum atomic E-state index is 13.6. The fourth-order valence-corrected chi connectivity index (χ4v) is 3.52. The number of aryl methyl sites for hydroxylation is 1. The summed E-state index contributed by atoms with van der Waals surface area (Å²) in [7, 11) is 0. The van der Waals surface area contributed by atoms with Gasteiger partial charge in [-0.25, -0.2) is 9.37 Å². The lowest BCUT2D eigenvalue weighted by atomic mass is 10.0.